The number of carbonyl (C=O) groups is 2. The van der Waals surface area contributed by atoms with Crippen molar-refractivity contribution in [1.82, 2.24) is 14.7 Å². The van der Waals surface area contributed by atoms with E-state index in [1.165, 1.54) is 28.4 Å². The standard InChI is InChI=1S/C21H20FN3O3S/c1-4-10-24(11-5-2)19(26)13-28-21(27)18-12-17-14(3)23-25(20(17)29-18)16-8-6-15(22)7-9-16/h4-9,12H,1-2,10-11,13H2,3H3. The van der Waals surface area contributed by atoms with E-state index in [4.69, 9.17) is 4.74 Å². The Hall–Kier alpha value is -3.26. The Morgan fingerprint density at radius 2 is 1.90 bits per heavy atom. The molecule has 1 aromatic carbocycles. The van der Waals surface area contributed by atoms with Crippen molar-refractivity contribution in [3.8, 4) is 5.69 Å². The zero-order chi connectivity index (χ0) is 21.0. The third kappa shape index (κ3) is 4.43. The summed E-state index contributed by atoms with van der Waals surface area (Å²) in [4.78, 5) is 27.3. The summed E-state index contributed by atoms with van der Waals surface area (Å²) < 4.78 is 20.1. The van der Waals surface area contributed by atoms with Gasteiger partial charge in [0, 0.05) is 18.5 Å². The topological polar surface area (TPSA) is 64.4 Å². The lowest BCUT2D eigenvalue weighted by atomic mass is 10.3. The second-order valence-electron chi connectivity index (χ2n) is 6.26. The number of hydrogen-bond donors (Lipinski definition) is 0. The summed E-state index contributed by atoms with van der Waals surface area (Å²) in [5, 5.41) is 5.26. The van der Waals surface area contributed by atoms with Gasteiger partial charge in [0.25, 0.3) is 5.91 Å². The molecule has 1 amide bonds. The molecule has 0 saturated heterocycles. The number of ether oxygens (including phenoxy) is 1. The van der Waals surface area contributed by atoms with E-state index in [0.717, 1.165) is 15.9 Å². The van der Waals surface area contributed by atoms with E-state index in [9.17, 15) is 14.0 Å². The van der Waals surface area contributed by atoms with E-state index in [1.54, 1.807) is 35.0 Å². The quantitative estimate of drug-likeness (QED) is 0.415. The Morgan fingerprint density at radius 1 is 1.24 bits per heavy atom. The van der Waals surface area contributed by atoms with Crippen LogP contribution in [0.5, 0.6) is 0 Å². The number of halogens is 1. The molecule has 29 heavy (non-hydrogen) atoms. The molecule has 0 saturated carbocycles. The lowest BCUT2D eigenvalue weighted by molar-refractivity contribution is -0.133. The molecular weight excluding hydrogens is 393 g/mol. The Bertz CT molecular complexity index is 1060. The first kappa shape index (κ1) is 20.5. The van der Waals surface area contributed by atoms with Crippen LogP contribution in [-0.2, 0) is 9.53 Å². The number of aryl methyl sites for hydroxylation is 1. The predicted molar refractivity (Wildman–Crippen MR) is 111 cm³/mol. The Labute approximate surface area is 171 Å². The fraction of sp³-hybridized carbons (Fsp3) is 0.190. The molecule has 0 aliphatic heterocycles. The fourth-order valence-corrected chi connectivity index (χ4v) is 3.86. The van der Waals surface area contributed by atoms with Crippen LogP contribution in [0.1, 0.15) is 15.4 Å². The molecule has 0 unspecified atom stereocenters. The maximum Gasteiger partial charge on any atom is 0.348 e. The Kier molecular flexibility index (Phi) is 6.23. The first-order valence-corrected chi connectivity index (χ1v) is 9.68. The van der Waals surface area contributed by atoms with E-state index in [0.29, 0.717) is 23.7 Å². The van der Waals surface area contributed by atoms with Gasteiger partial charge in [-0.1, -0.05) is 12.2 Å². The zero-order valence-corrected chi connectivity index (χ0v) is 16.7. The zero-order valence-electron chi connectivity index (χ0n) is 15.9. The molecule has 150 valence electrons. The Balaban J connectivity index is 1.78. The van der Waals surface area contributed by atoms with Gasteiger partial charge in [-0.25, -0.2) is 13.9 Å². The molecule has 0 atom stereocenters. The minimum absolute atomic E-state index is 0.326. The third-order valence-electron chi connectivity index (χ3n) is 4.20. The molecule has 0 radical (unpaired) electrons. The maximum atomic E-state index is 13.2. The normalized spacial score (nSPS) is 10.7. The summed E-state index contributed by atoms with van der Waals surface area (Å²) in [5.41, 5.74) is 1.42. The molecule has 3 rings (SSSR count). The number of amides is 1. The van der Waals surface area contributed by atoms with Crippen LogP contribution >= 0.6 is 11.3 Å². The minimum atomic E-state index is -0.582. The summed E-state index contributed by atoms with van der Waals surface area (Å²) >= 11 is 1.21. The van der Waals surface area contributed by atoms with Gasteiger partial charge in [0.1, 0.15) is 15.5 Å². The van der Waals surface area contributed by atoms with Gasteiger partial charge in [-0.05, 0) is 37.3 Å². The number of hydrogen-bond acceptors (Lipinski definition) is 5. The second kappa shape index (κ2) is 8.83. The van der Waals surface area contributed by atoms with E-state index >= 15 is 0 Å². The molecule has 8 heteroatoms. The molecule has 3 aromatic rings. The van der Waals surface area contributed by atoms with Gasteiger partial charge in [0.05, 0.1) is 11.4 Å². The summed E-state index contributed by atoms with van der Waals surface area (Å²) in [5.74, 6) is -1.24. The molecule has 0 spiro atoms. The van der Waals surface area contributed by atoms with Crippen molar-refractivity contribution < 1.29 is 18.7 Å². The van der Waals surface area contributed by atoms with Crippen molar-refractivity contribution in [2.24, 2.45) is 0 Å². The van der Waals surface area contributed by atoms with Crippen molar-refractivity contribution >= 4 is 33.4 Å². The van der Waals surface area contributed by atoms with Crippen molar-refractivity contribution in [2.45, 2.75) is 6.92 Å². The largest absolute Gasteiger partial charge is 0.451 e. The first-order valence-electron chi connectivity index (χ1n) is 8.86. The number of rotatable bonds is 8. The minimum Gasteiger partial charge on any atom is -0.451 e. The lowest BCUT2D eigenvalue weighted by Crippen LogP contribution is -2.34. The number of thiophene rings is 1. The molecular formula is C21H20FN3O3S. The maximum absolute atomic E-state index is 13.2. The monoisotopic (exact) mass is 413 g/mol. The molecule has 2 heterocycles. The summed E-state index contributed by atoms with van der Waals surface area (Å²) in [6.45, 7) is 9.38. The van der Waals surface area contributed by atoms with Crippen LogP contribution in [0.3, 0.4) is 0 Å². The highest BCUT2D eigenvalue weighted by molar-refractivity contribution is 7.20. The fourth-order valence-electron chi connectivity index (χ4n) is 2.78. The lowest BCUT2D eigenvalue weighted by Gasteiger charge is -2.18. The van der Waals surface area contributed by atoms with Gasteiger partial charge in [-0.3, -0.25) is 4.79 Å². The molecule has 0 aliphatic rings. The Morgan fingerprint density at radius 3 is 2.52 bits per heavy atom. The SMILES string of the molecule is C=CCN(CC=C)C(=O)COC(=O)c1cc2c(C)nn(-c3ccc(F)cc3)c2s1. The van der Waals surface area contributed by atoms with Gasteiger partial charge < -0.3 is 9.64 Å². The van der Waals surface area contributed by atoms with E-state index in [1.807, 2.05) is 6.92 Å². The molecule has 0 N–H and O–H groups in total. The van der Waals surface area contributed by atoms with Crippen molar-refractivity contribution in [3.05, 3.63) is 72.0 Å². The van der Waals surface area contributed by atoms with Crippen LogP contribution in [0, 0.1) is 12.7 Å². The summed E-state index contributed by atoms with van der Waals surface area (Å²) in [6, 6.07) is 7.63. The number of esters is 1. The average molecular weight is 413 g/mol. The van der Waals surface area contributed by atoms with Crippen LogP contribution in [0.4, 0.5) is 4.39 Å². The molecule has 0 bridgehead atoms. The highest BCUT2D eigenvalue weighted by atomic mass is 32.1. The summed E-state index contributed by atoms with van der Waals surface area (Å²) in [6.07, 6.45) is 3.19. The number of aromatic nitrogens is 2. The van der Waals surface area contributed by atoms with Gasteiger partial charge in [0.15, 0.2) is 6.61 Å². The smallest absolute Gasteiger partial charge is 0.348 e. The van der Waals surface area contributed by atoms with E-state index in [2.05, 4.69) is 18.3 Å². The van der Waals surface area contributed by atoms with E-state index < -0.39 is 5.97 Å². The molecule has 0 aliphatic carbocycles. The highest BCUT2D eigenvalue weighted by Crippen LogP contribution is 2.30. The average Bonchev–Trinajstić information content (AvgIpc) is 3.27. The van der Waals surface area contributed by atoms with Gasteiger partial charge >= 0.3 is 5.97 Å². The van der Waals surface area contributed by atoms with Crippen molar-refractivity contribution in [1.29, 1.82) is 0 Å². The predicted octanol–water partition coefficient (Wildman–Crippen LogP) is 3.89. The molecule has 0 fully saturated rings. The van der Waals surface area contributed by atoms with E-state index in [-0.39, 0.29) is 18.3 Å². The van der Waals surface area contributed by atoms with Crippen molar-refractivity contribution in [3.63, 3.8) is 0 Å². The van der Waals surface area contributed by atoms with Crippen LogP contribution in [0.2, 0.25) is 0 Å². The summed E-state index contributed by atoms with van der Waals surface area (Å²) in [7, 11) is 0. The first-order chi connectivity index (χ1) is 13.9. The van der Waals surface area contributed by atoms with Gasteiger partial charge in [-0.15, -0.1) is 24.5 Å². The van der Waals surface area contributed by atoms with Crippen LogP contribution in [0.25, 0.3) is 15.9 Å². The number of benzene rings is 1. The number of nitrogens with zero attached hydrogens (tertiary/aromatic N) is 3. The molecule has 2 aromatic heterocycles. The van der Waals surface area contributed by atoms with Gasteiger partial charge in [0.2, 0.25) is 0 Å². The number of carbonyl (C=O) groups excluding carboxylic acids is 2. The van der Waals surface area contributed by atoms with Crippen LogP contribution < -0.4 is 0 Å². The van der Waals surface area contributed by atoms with Crippen LogP contribution in [-0.4, -0.2) is 46.3 Å². The molecule has 6 nitrogen and oxygen atoms in total. The van der Waals surface area contributed by atoms with Gasteiger partial charge in [-0.2, -0.15) is 5.10 Å². The number of fused-ring (bicyclic) bond motifs is 1. The second-order valence-corrected chi connectivity index (χ2v) is 7.29. The van der Waals surface area contributed by atoms with Crippen molar-refractivity contribution in [2.75, 3.05) is 19.7 Å². The third-order valence-corrected chi connectivity index (χ3v) is 5.29. The highest BCUT2D eigenvalue weighted by Gasteiger charge is 2.20. The van der Waals surface area contributed by atoms with Crippen LogP contribution in [0.15, 0.2) is 55.6 Å².